The number of rotatable bonds is 4. The van der Waals surface area contributed by atoms with Crippen LogP contribution in [0, 0.1) is 23.5 Å². The van der Waals surface area contributed by atoms with Gasteiger partial charge in [0.25, 0.3) is 0 Å². The maximum Gasteiger partial charge on any atom is 0.214 e. The largest absolute Gasteiger partial charge is 0.368 e. The van der Waals surface area contributed by atoms with Gasteiger partial charge in [-0.2, -0.15) is 4.31 Å². The van der Waals surface area contributed by atoms with Crippen molar-refractivity contribution in [3.63, 3.8) is 0 Å². The predicted molar refractivity (Wildman–Crippen MR) is 103 cm³/mol. The van der Waals surface area contributed by atoms with E-state index in [1.165, 1.54) is 10.4 Å². The Hall–Kier alpha value is -2.07. The number of halogens is 2. The lowest BCUT2D eigenvalue weighted by atomic mass is 10.1. The van der Waals surface area contributed by atoms with Gasteiger partial charge in [0.05, 0.1) is 11.4 Å². The smallest absolute Gasteiger partial charge is 0.214 e. The Morgan fingerprint density at radius 2 is 1.79 bits per heavy atom. The fourth-order valence-corrected chi connectivity index (χ4v) is 6.71. The number of nitrogens with zero attached hydrogens (tertiary/aromatic N) is 5. The van der Waals surface area contributed by atoms with Crippen LogP contribution in [0.1, 0.15) is 31.4 Å². The summed E-state index contributed by atoms with van der Waals surface area (Å²) >= 11 is 0. The lowest BCUT2D eigenvalue weighted by Gasteiger charge is -2.32. The van der Waals surface area contributed by atoms with E-state index in [2.05, 4.69) is 10.2 Å². The minimum absolute atomic E-state index is 0.0592. The van der Waals surface area contributed by atoms with Crippen molar-refractivity contribution in [2.24, 2.45) is 11.8 Å². The van der Waals surface area contributed by atoms with Gasteiger partial charge in [-0.1, -0.05) is 0 Å². The van der Waals surface area contributed by atoms with Gasteiger partial charge in [-0.3, -0.25) is 0 Å². The molecule has 2 saturated heterocycles. The Balaban J connectivity index is 1.32. The van der Waals surface area contributed by atoms with Gasteiger partial charge < -0.3 is 9.47 Å². The molecule has 7 nitrogen and oxygen atoms in total. The van der Waals surface area contributed by atoms with Crippen LogP contribution in [0.3, 0.4) is 0 Å². The van der Waals surface area contributed by atoms with Gasteiger partial charge >= 0.3 is 0 Å². The Bertz CT molecular complexity index is 1020. The highest BCUT2D eigenvalue weighted by Gasteiger charge is 2.57. The molecule has 29 heavy (non-hydrogen) atoms. The Labute approximate surface area is 168 Å². The second-order valence-electron chi connectivity index (χ2n) is 8.38. The molecular weight excluding hydrogens is 400 g/mol. The van der Waals surface area contributed by atoms with Crippen molar-refractivity contribution in [1.82, 2.24) is 19.1 Å². The van der Waals surface area contributed by atoms with Crippen LogP contribution < -0.4 is 4.90 Å². The number of anilines is 1. The minimum Gasteiger partial charge on any atom is -0.368 e. The molecule has 3 unspecified atom stereocenters. The van der Waals surface area contributed by atoms with Crippen LogP contribution in [0.25, 0.3) is 0 Å². The number of piperidine rings is 1. The van der Waals surface area contributed by atoms with Crippen LogP contribution in [0.15, 0.2) is 24.8 Å². The molecule has 1 aromatic heterocycles. The third-order valence-electron chi connectivity index (χ3n) is 6.59. The summed E-state index contributed by atoms with van der Waals surface area (Å²) in [6.45, 7) is 2.98. The van der Waals surface area contributed by atoms with E-state index in [1.807, 2.05) is 16.4 Å². The van der Waals surface area contributed by atoms with Crippen molar-refractivity contribution in [3.05, 3.63) is 42.0 Å². The molecule has 3 heterocycles. The molecule has 5 rings (SSSR count). The summed E-state index contributed by atoms with van der Waals surface area (Å²) in [5, 5.41) is 7.66. The second kappa shape index (κ2) is 6.73. The summed E-state index contributed by atoms with van der Waals surface area (Å²) in [5.74, 6) is -0.250. The quantitative estimate of drug-likeness (QED) is 0.754. The molecule has 3 aliphatic rings. The van der Waals surface area contributed by atoms with E-state index in [9.17, 15) is 17.2 Å². The first-order valence-corrected chi connectivity index (χ1v) is 11.5. The number of aromatic nitrogens is 3. The summed E-state index contributed by atoms with van der Waals surface area (Å²) < 4.78 is 57.6. The molecule has 0 spiro atoms. The molecule has 3 atom stereocenters. The summed E-state index contributed by atoms with van der Waals surface area (Å²) in [7, 11) is -3.43. The first-order chi connectivity index (χ1) is 13.8. The van der Waals surface area contributed by atoms with E-state index < -0.39 is 21.7 Å². The molecule has 156 valence electrons. The number of hydrogen-bond acceptors (Lipinski definition) is 5. The SMILES string of the molecule is CC1CCCS(=O)(=O)N1Cc1cc(F)c(N2CC3C(C2)C3n2cnnc2)cc1F. The van der Waals surface area contributed by atoms with Crippen LogP contribution in [0.2, 0.25) is 0 Å². The molecular formula is C19H23F2N5O2S. The monoisotopic (exact) mass is 423 g/mol. The van der Waals surface area contributed by atoms with Gasteiger partial charge in [0.2, 0.25) is 10.0 Å². The minimum atomic E-state index is -3.43. The number of fused-ring (bicyclic) bond motifs is 1. The molecule has 0 bridgehead atoms. The zero-order chi connectivity index (χ0) is 20.3. The van der Waals surface area contributed by atoms with Crippen molar-refractivity contribution < 1.29 is 17.2 Å². The van der Waals surface area contributed by atoms with Gasteiger partial charge in [0.1, 0.15) is 24.3 Å². The van der Waals surface area contributed by atoms with Crippen LogP contribution in [0.5, 0.6) is 0 Å². The number of hydrogen-bond donors (Lipinski definition) is 0. The van der Waals surface area contributed by atoms with Crippen LogP contribution in [-0.4, -0.2) is 52.4 Å². The fraction of sp³-hybridized carbons (Fsp3) is 0.579. The van der Waals surface area contributed by atoms with E-state index in [4.69, 9.17) is 0 Å². The molecule has 0 amide bonds. The molecule has 0 N–H and O–H groups in total. The molecule has 2 aliphatic heterocycles. The standard InChI is InChI=1S/C19H23F2N5O2S/c1-12-3-2-4-29(27,28)26(12)7-13-5-17(21)18(6-16(13)20)24-8-14-15(9-24)19(14)25-10-22-23-11-25/h5-6,10-12,14-15,19H,2-4,7-9H2,1H3. The van der Waals surface area contributed by atoms with Crippen molar-refractivity contribution >= 4 is 15.7 Å². The van der Waals surface area contributed by atoms with Crippen molar-refractivity contribution in [2.75, 3.05) is 23.7 Å². The lowest BCUT2D eigenvalue weighted by Crippen LogP contribution is -2.43. The normalized spacial score (nSPS) is 31.1. The third-order valence-corrected chi connectivity index (χ3v) is 8.59. The van der Waals surface area contributed by atoms with Gasteiger partial charge in [-0.05, 0) is 25.8 Å². The van der Waals surface area contributed by atoms with E-state index in [0.29, 0.717) is 37.4 Å². The highest BCUT2D eigenvalue weighted by Crippen LogP contribution is 2.55. The van der Waals surface area contributed by atoms with E-state index in [1.54, 1.807) is 12.7 Å². The Morgan fingerprint density at radius 1 is 1.10 bits per heavy atom. The maximum atomic E-state index is 14.8. The molecule has 3 fully saturated rings. The molecule has 1 saturated carbocycles. The number of benzene rings is 1. The Morgan fingerprint density at radius 3 is 2.45 bits per heavy atom. The van der Waals surface area contributed by atoms with Gasteiger partial charge in [-0.15, -0.1) is 10.2 Å². The maximum absolute atomic E-state index is 14.8. The zero-order valence-corrected chi connectivity index (χ0v) is 16.9. The molecule has 1 aromatic carbocycles. The number of sulfonamides is 1. The van der Waals surface area contributed by atoms with Crippen molar-refractivity contribution in [2.45, 2.75) is 38.4 Å². The van der Waals surface area contributed by atoms with Gasteiger partial charge in [-0.25, -0.2) is 17.2 Å². The zero-order valence-electron chi connectivity index (χ0n) is 16.1. The van der Waals surface area contributed by atoms with Crippen LogP contribution >= 0.6 is 0 Å². The summed E-state index contributed by atoms with van der Waals surface area (Å²) in [6.07, 6.45) is 4.71. The summed E-state index contributed by atoms with van der Waals surface area (Å²) in [5.41, 5.74) is 0.325. The molecule has 1 aliphatic carbocycles. The highest BCUT2D eigenvalue weighted by molar-refractivity contribution is 7.89. The average molecular weight is 423 g/mol. The summed E-state index contributed by atoms with van der Waals surface area (Å²) in [4.78, 5) is 1.87. The molecule has 0 radical (unpaired) electrons. The summed E-state index contributed by atoms with van der Waals surface area (Å²) in [6, 6.07) is 2.49. The highest BCUT2D eigenvalue weighted by atomic mass is 32.2. The first-order valence-electron chi connectivity index (χ1n) is 9.91. The topological polar surface area (TPSA) is 71.3 Å². The van der Waals surface area contributed by atoms with E-state index in [0.717, 1.165) is 12.5 Å². The van der Waals surface area contributed by atoms with Gasteiger partial charge in [0.15, 0.2) is 0 Å². The van der Waals surface area contributed by atoms with Gasteiger partial charge in [0, 0.05) is 55.2 Å². The third kappa shape index (κ3) is 3.22. The predicted octanol–water partition coefficient (Wildman–Crippen LogP) is 2.18. The van der Waals surface area contributed by atoms with E-state index in [-0.39, 0.29) is 29.6 Å². The lowest BCUT2D eigenvalue weighted by molar-refractivity contribution is 0.293. The second-order valence-corrected chi connectivity index (χ2v) is 10.4. The van der Waals surface area contributed by atoms with E-state index >= 15 is 0 Å². The first kappa shape index (κ1) is 18.9. The van der Waals surface area contributed by atoms with Crippen molar-refractivity contribution in [3.8, 4) is 0 Å². The molecule has 10 heteroatoms. The average Bonchev–Trinajstić information content (AvgIpc) is 3.07. The Kier molecular flexibility index (Phi) is 4.39. The fourth-order valence-electron chi connectivity index (χ4n) is 4.96. The molecule has 2 aromatic rings. The van der Waals surface area contributed by atoms with Crippen LogP contribution in [-0.2, 0) is 16.6 Å². The van der Waals surface area contributed by atoms with Crippen molar-refractivity contribution in [1.29, 1.82) is 0 Å². The van der Waals surface area contributed by atoms with Crippen LogP contribution in [0.4, 0.5) is 14.5 Å².